The van der Waals surface area contributed by atoms with E-state index in [1.54, 1.807) is 36.4 Å². The Balaban J connectivity index is 1.35. The summed E-state index contributed by atoms with van der Waals surface area (Å²) in [5, 5.41) is 13.6. The average molecular weight is 567 g/mol. The van der Waals surface area contributed by atoms with Crippen LogP contribution in [0.5, 0.6) is 0 Å². The Labute approximate surface area is 239 Å². The molecule has 0 unspecified atom stereocenters. The Kier molecular flexibility index (Phi) is 8.43. The summed E-state index contributed by atoms with van der Waals surface area (Å²) < 4.78 is 29.7. The van der Waals surface area contributed by atoms with Gasteiger partial charge in [0, 0.05) is 13.1 Å². The molecule has 0 aromatic heterocycles. The fourth-order valence-corrected chi connectivity index (χ4v) is 6.35. The van der Waals surface area contributed by atoms with E-state index in [9.17, 15) is 18.0 Å². The Morgan fingerprint density at radius 1 is 0.902 bits per heavy atom. The van der Waals surface area contributed by atoms with Crippen LogP contribution in [0.25, 0.3) is 10.8 Å². The van der Waals surface area contributed by atoms with E-state index in [-0.39, 0.29) is 23.8 Å². The lowest BCUT2D eigenvalue weighted by molar-refractivity contribution is -0.139. The monoisotopic (exact) mass is 566 g/mol. The summed E-state index contributed by atoms with van der Waals surface area (Å²) in [7, 11) is -4.06. The Morgan fingerprint density at radius 2 is 1.61 bits per heavy atom. The molecule has 2 amide bonds. The van der Waals surface area contributed by atoms with Crippen LogP contribution in [0.1, 0.15) is 29.5 Å². The third kappa shape index (κ3) is 6.62. The molecule has 4 aromatic carbocycles. The predicted octanol–water partition coefficient (Wildman–Crippen LogP) is 3.91. The lowest BCUT2D eigenvalue weighted by Crippen LogP contribution is -2.54. The van der Waals surface area contributed by atoms with E-state index in [0.717, 1.165) is 21.9 Å². The molecule has 208 valence electrons. The van der Waals surface area contributed by atoms with Crippen molar-refractivity contribution in [2.24, 2.45) is 0 Å². The van der Waals surface area contributed by atoms with Gasteiger partial charge in [0.2, 0.25) is 21.8 Å². The number of benzene rings is 4. The zero-order valence-corrected chi connectivity index (χ0v) is 23.2. The minimum Gasteiger partial charge on any atom is -0.350 e. The van der Waals surface area contributed by atoms with Crippen LogP contribution < -0.4 is 10.0 Å². The molecule has 0 saturated carbocycles. The second kappa shape index (κ2) is 12.3. The quantitative estimate of drug-likeness (QED) is 0.318. The van der Waals surface area contributed by atoms with Gasteiger partial charge in [-0.05, 0) is 65.4 Å². The van der Waals surface area contributed by atoms with E-state index in [1.807, 2.05) is 54.6 Å². The van der Waals surface area contributed by atoms with E-state index in [2.05, 4.69) is 16.1 Å². The zero-order chi connectivity index (χ0) is 28.8. The largest absolute Gasteiger partial charge is 0.350 e. The number of nitrogens with one attached hydrogen (secondary N) is 2. The molecular weight excluding hydrogens is 536 g/mol. The molecule has 8 nitrogen and oxygen atoms in total. The highest BCUT2D eigenvalue weighted by molar-refractivity contribution is 7.89. The molecule has 1 fully saturated rings. The van der Waals surface area contributed by atoms with Crippen molar-refractivity contribution in [1.29, 1.82) is 5.26 Å². The molecule has 0 radical (unpaired) electrons. The third-order valence-corrected chi connectivity index (χ3v) is 8.77. The van der Waals surface area contributed by atoms with Gasteiger partial charge < -0.3 is 10.2 Å². The molecule has 1 saturated heterocycles. The molecule has 9 heteroatoms. The maximum Gasteiger partial charge on any atom is 0.243 e. The Bertz CT molecular complexity index is 1700. The van der Waals surface area contributed by atoms with Crippen molar-refractivity contribution in [3.8, 4) is 6.07 Å². The number of amides is 2. The summed E-state index contributed by atoms with van der Waals surface area (Å²) >= 11 is 0. The van der Waals surface area contributed by atoms with Gasteiger partial charge in [-0.15, -0.1) is 0 Å². The van der Waals surface area contributed by atoms with Crippen LogP contribution in [0.15, 0.2) is 102 Å². The molecule has 0 aliphatic carbocycles. The van der Waals surface area contributed by atoms with Crippen LogP contribution in [0.3, 0.4) is 0 Å². The first kappa shape index (κ1) is 28.0. The lowest BCUT2D eigenvalue weighted by Gasteiger charge is -2.29. The molecule has 0 spiro atoms. The van der Waals surface area contributed by atoms with Crippen molar-refractivity contribution < 1.29 is 18.0 Å². The summed E-state index contributed by atoms with van der Waals surface area (Å²) in [4.78, 5) is 28.7. The standard InChI is InChI=1S/C32H30N4O4S/c33-21-24-12-14-25(15-13-24)22-34-31(37)30-11-6-18-36(30)32(38)29(19-23-7-2-1-3-8-23)35-41(39,40)28-17-16-26-9-4-5-10-27(26)20-28/h1-5,7-10,12-17,20,29-30,35H,6,11,18-19,22H2,(H,34,37)/t29-,30+/m1/s1. The normalized spacial score (nSPS) is 15.8. The number of nitriles is 1. The molecule has 2 N–H and O–H groups in total. The predicted molar refractivity (Wildman–Crippen MR) is 156 cm³/mol. The first-order chi connectivity index (χ1) is 19.8. The van der Waals surface area contributed by atoms with Crippen LogP contribution >= 0.6 is 0 Å². The van der Waals surface area contributed by atoms with Gasteiger partial charge in [0.1, 0.15) is 12.1 Å². The molecule has 0 bridgehead atoms. The number of sulfonamides is 1. The first-order valence-corrected chi connectivity index (χ1v) is 14.9. The Morgan fingerprint density at radius 3 is 2.34 bits per heavy atom. The first-order valence-electron chi connectivity index (χ1n) is 13.5. The molecule has 41 heavy (non-hydrogen) atoms. The second-order valence-electron chi connectivity index (χ2n) is 10.1. The van der Waals surface area contributed by atoms with Gasteiger partial charge in [-0.1, -0.05) is 72.8 Å². The number of hydrogen-bond donors (Lipinski definition) is 2. The van der Waals surface area contributed by atoms with E-state index < -0.39 is 28.0 Å². The number of carbonyl (C=O) groups excluding carboxylic acids is 2. The summed E-state index contributed by atoms with van der Waals surface area (Å²) in [5.74, 6) is -0.731. The second-order valence-corrected chi connectivity index (χ2v) is 11.8. The van der Waals surface area contributed by atoms with Gasteiger partial charge in [0.15, 0.2) is 0 Å². The lowest BCUT2D eigenvalue weighted by atomic mass is 10.0. The molecule has 2 atom stereocenters. The number of nitrogens with zero attached hydrogens (tertiary/aromatic N) is 2. The van der Waals surface area contributed by atoms with Crippen LogP contribution in [0, 0.1) is 11.3 Å². The van der Waals surface area contributed by atoms with Crippen LogP contribution in [-0.2, 0) is 32.6 Å². The fraction of sp³-hybridized carbons (Fsp3) is 0.219. The average Bonchev–Trinajstić information content (AvgIpc) is 3.50. The molecule has 1 heterocycles. The maximum atomic E-state index is 13.9. The zero-order valence-electron chi connectivity index (χ0n) is 22.4. The number of likely N-dealkylation sites (tertiary alicyclic amines) is 1. The van der Waals surface area contributed by atoms with E-state index in [4.69, 9.17) is 5.26 Å². The molecule has 1 aliphatic heterocycles. The van der Waals surface area contributed by atoms with E-state index in [0.29, 0.717) is 24.9 Å². The third-order valence-electron chi connectivity index (χ3n) is 7.30. The number of rotatable bonds is 9. The molecule has 4 aromatic rings. The van der Waals surface area contributed by atoms with Crippen molar-refractivity contribution in [1.82, 2.24) is 14.9 Å². The van der Waals surface area contributed by atoms with Crippen molar-refractivity contribution in [3.05, 3.63) is 114 Å². The van der Waals surface area contributed by atoms with E-state index >= 15 is 0 Å². The van der Waals surface area contributed by atoms with Crippen LogP contribution in [0.4, 0.5) is 0 Å². The van der Waals surface area contributed by atoms with Gasteiger partial charge in [0.25, 0.3) is 0 Å². The van der Waals surface area contributed by atoms with Gasteiger partial charge in [-0.2, -0.15) is 9.98 Å². The number of hydrogen-bond acceptors (Lipinski definition) is 5. The SMILES string of the molecule is N#Cc1ccc(CNC(=O)[C@@H]2CCCN2C(=O)[C@@H](Cc2ccccc2)NS(=O)(=O)c2ccc3ccccc3c2)cc1. The number of fused-ring (bicyclic) bond motifs is 1. The minimum atomic E-state index is -4.06. The molecular formula is C32H30N4O4S. The van der Waals surface area contributed by atoms with Crippen LogP contribution in [-0.4, -0.2) is 43.8 Å². The van der Waals surface area contributed by atoms with Gasteiger partial charge in [-0.25, -0.2) is 8.42 Å². The smallest absolute Gasteiger partial charge is 0.243 e. The van der Waals surface area contributed by atoms with Crippen molar-refractivity contribution >= 4 is 32.6 Å². The van der Waals surface area contributed by atoms with Gasteiger partial charge >= 0.3 is 0 Å². The summed E-state index contributed by atoms with van der Waals surface area (Å²) in [6.45, 7) is 0.613. The van der Waals surface area contributed by atoms with Crippen molar-refractivity contribution in [2.45, 2.75) is 42.8 Å². The van der Waals surface area contributed by atoms with Crippen LogP contribution in [0.2, 0.25) is 0 Å². The van der Waals surface area contributed by atoms with Crippen molar-refractivity contribution in [2.75, 3.05) is 6.54 Å². The van der Waals surface area contributed by atoms with E-state index in [1.165, 1.54) is 11.0 Å². The highest BCUT2D eigenvalue weighted by Crippen LogP contribution is 2.23. The summed E-state index contributed by atoms with van der Waals surface area (Å²) in [6, 6.07) is 28.7. The highest BCUT2D eigenvalue weighted by Gasteiger charge is 2.38. The highest BCUT2D eigenvalue weighted by atomic mass is 32.2. The minimum absolute atomic E-state index is 0.0696. The van der Waals surface area contributed by atoms with Crippen molar-refractivity contribution in [3.63, 3.8) is 0 Å². The molecule has 1 aliphatic rings. The Hall–Kier alpha value is -4.52. The summed E-state index contributed by atoms with van der Waals surface area (Å²) in [5.41, 5.74) is 2.16. The fourth-order valence-electron chi connectivity index (χ4n) is 5.13. The van der Waals surface area contributed by atoms with Gasteiger partial charge in [-0.3, -0.25) is 9.59 Å². The summed E-state index contributed by atoms with van der Waals surface area (Å²) in [6.07, 6.45) is 1.26. The van der Waals surface area contributed by atoms with Gasteiger partial charge in [0.05, 0.1) is 16.5 Å². The maximum absolute atomic E-state index is 13.9. The topological polar surface area (TPSA) is 119 Å². The number of carbonyl (C=O) groups is 2. The molecule has 5 rings (SSSR count).